The van der Waals surface area contributed by atoms with E-state index in [-0.39, 0.29) is 66.2 Å². The number of fused-ring (bicyclic) bond motifs is 1. The third-order valence-electron chi connectivity index (χ3n) is 13.6. The van der Waals surface area contributed by atoms with E-state index in [0.717, 1.165) is 49.9 Å². The Morgan fingerprint density at radius 2 is 1.75 bits per heavy atom. The summed E-state index contributed by atoms with van der Waals surface area (Å²) in [7, 11) is 3.31. The lowest BCUT2D eigenvalue weighted by Gasteiger charge is -2.59. The predicted octanol–water partition coefficient (Wildman–Crippen LogP) is 4.59. The van der Waals surface area contributed by atoms with Crippen molar-refractivity contribution in [3.8, 4) is 11.5 Å². The number of likely N-dealkylation sites (N-methyl/N-ethyl adjacent to an activating group) is 1. The fourth-order valence-corrected chi connectivity index (χ4v) is 10.4. The molecule has 0 radical (unpaired) electrons. The second kappa shape index (κ2) is 17.3. The third kappa shape index (κ3) is 8.46. The van der Waals surface area contributed by atoms with Crippen LogP contribution in [0.1, 0.15) is 106 Å². The maximum atomic E-state index is 13.8. The molecule has 324 valence electrons. The van der Waals surface area contributed by atoms with Crippen molar-refractivity contribution in [3.05, 3.63) is 59.8 Å². The predicted molar refractivity (Wildman–Crippen MR) is 227 cm³/mol. The summed E-state index contributed by atoms with van der Waals surface area (Å²) in [5.74, 6) is 0.797. The first-order chi connectivity index (χ1) is 29.4. The van der Waals surface area contributed by atoms with E-state index in [2.05, 4.69) is 25.8 Å². The topological polar surface area (TPSA) is 196 Å². The molecule has 3 aliphatic heterocycles. The Balaban J connectivity index is 0.858. The number of nitrogens with one attached hydrogen (secondary N) is 3. The number of hydrogen-bond donors (Lipinski definition) is 4. The van der Waals surface area contributed by atoms with Gasteiger partial charge in [0.05, 0.1) is 24.9 Å². The molecule has 2 aromatic carbocycles. The van der Waals surface area contributed by atoms with E-state index in [4.69, 9.17) is 14.5 Å². The lowest BCUT2D eigenvalue weighted by molar-refractivity contribution is -0.138. The molecule has 5 aliphatic rings. The number of ether oxygens (including phenoxy) is 2. The highest BCUT2D eigenvalue weighted by Crippen LogP contribution is 2.56. The van der Waals surface area contributed by atoms with Gasteiger partial charge < -0.3 is 39.9 Å². The number of rotatable bonds is 13. The third-order valence-corrected chi connectivity index (χ3v) is 13.6. The van der Waals surface area contributed by atoms with Crippen LogP contribution in [-0.4, -0.2) is 108 Å². The maximum Gasteiger partial charge on any atom is 0.260 e. The number of aliphatic hydroxyl groups excluding tert-OH is 1. The maximum absolute atomic E-state index is 13.8. The van der Waals surface area contributed by atoms with Gasteiger partial charge in [0.2, 0.25) is 23.7 Å². The number of anilines is 4. The highest BCUT2D eigenvalue weighted by molar-refractivity contribution is 6.04. The number of amides is 5. The molecule has 2 atom stereocenters. The van der Waals surface area contributed by atoms with E-state index >= 15 is 0 Å². The van der Waals surface area contributed by atoms with Gasteiger partial charge in [0.1, 0.15) is 23.2 Å². The summed E-state index contributed by atoms with van der Waals surface area (Å²) < 4.78 is 11.5. The van der Waals surface area contributed by atoms with Gasteiger partial charge in [-0.05, 0) is 99.1 Å². The Morgan fingerprint density at radius 3 is 2.43 bits per heavy atom. The van der Waals surface area contributed by atoms with Crippen LogP contribution in [-0.2, 0) is 19.2 Å². The summed E-state index contributed by atoms with van der Waals surface area (Å²) in [5.41, 5.74) is 1.86. The molecule has 8 rings (SSSR count). The molecule has 5 amide bonds. The molecule has 1 unspecified atom stereocenters. The zero-order chi connectivity index (χ0) is 42.9. The molecule has 61 heavy (non-hydrogen) atoms. The number of piperidine rings is 2. The van der Waals surface area contributed by atoms with Crippen LogP contribution in [0.15, 0.2) is 48.7 Å². The Labute approximate surface area is 355 Å². The largest absolute Gasteiger partial charge is 0.495 e. The van der Waals surface area contributed by atoms with Crippen LogP contribution in [0.2, 0.25) is 0 Å². The van der Waals surface area contributed by atoms with Gasteiger partial charge in [0, 0.05) is 50.3 Å². The van der Waals surface area contributed by atoms with E-state index < -0.39 is 5.54 Å². The highest BCUT2D eigenvalue weighted by atomic mass is 16.5. The molecule has 2 aliphatic carbocycles. The molecule has 4 N–H and O–H groups in total. The van der Waals surface area contributed by atoms with Crippen molar-refractivity contribution in [3.63, 3.8) is 0 Å². The van der Waals surface area contributed by atoms with Crippen molar-refractivity contribution in [2.24, 2.45) is 5.41 Å². The van der Waals surface area contributed by atoms with Gasteiger partial charge in [-0.3, -0.25) is 29.3 Å². The Hall–Kier alpha value is -5.77. The van der Waals surface area contributed by atoms with Gasteiger partial charge >= 0.3 is 0 Å². The number of nitrogens with zero attached hydrogens (tertiary/aromatic N) is 5. The van der Waals surface area contributed by atoms with Crippen molar-refractivity contribution in [1.29, 1.82) is 0 Å². The molecule has 16 nitrogen and oxygen atoms in total. The van der Waals surface area contributed by atoms with Crippen LogP contribution < -0.4 is 35.2 Å². The van der Waals surface area contributed by atoms with Crippen LogP contribution in [0, 0.1) is 5.41 Å². The first-order valence-corrected chi connectivity index (χ1v) is 21.6. The summed E-state index contributed by atoms with van der Waals surface area (Å²) in [6, 6.07) is 12.2. The van der Waals surface area contributed by atoms with Gasteiger partial charge in [-0.1, -0.05) is 31.9 Å². The van der Waals surface area contributed by atoms with Crippen LogP contribution in [0.4, 0.5) is 23.1 Å². The first-order valence-electron chi connectivity index (χ1n) is 21.6. The molecule has 3 aromatic rings. The number of hydrogen-bond acceptors (Lipinski definition) is 12. The molecule has 1 spiro atoms. The zero-order valence-corrected chi connectivity index (χ0v) is 35.2. The summed E-state index contributed by atoms with van der Waals surface area (Å²) in [5, 5.41) is 19.0. The van der Waals surface area contributed by atoms with Crippen molar-refractivity contribution in [2.75, 3.05) is 55.6 Å². The average molecular weight is 837 g/mol. The standard InChI is InChI=1S/C45H56N8O8/c1-4-34-42(59)51(2)35-24-46-43(49-39(35)53(34)30-7-5-6-8-30)47-33-15-11-29(23-36(33)60-3)40(57)50-45(19-22-54)26-44(27-45)17-20-52(21-18-44)38(56)25-61-31-12-9-28(10-13-31)32-14-16-37(55)48-41(32)58/h9-13,15,23-24,30,32,34,54H,4-8,14,16-22,25-27H2,1-3H3,(H,50,57)(H,46,47,49)(H,48,55,58)/t32?,34-/m1/s1. The van der Waals surface area contributed by atoms with Gasteiger partial charge in [0.15, 0.2) is 12.4 Å². The monoisotopic (exact) mass is 836 g/mol. The lowest BCUT2D eigenvalue weighted by atomic mass is 9.52. The molecule has 2 saturated heterocycles. The molecule has 2 saturated carbocycles. The number of aromatic nitrogens is 2. The van der Waals surface area contributed by atoms with E-state index in [0.29, 0.717) is 86.0 Å². The summed E-state index contributed by atoms with van der Waals surface area (Å²) in [6.45, 7) is 3.01. The lowest BCUT2D eigenvalue weighted by Crippen LogP contribution is -2.64. The second-order valence-electron chi connectivity index (χ2n) is 17.4. The number of carbonyl (C=O) groups excluding carboxylic acids is 5. The van der Waals surface area contributed by atoms with Crippen LogP contribution in [0.25, 0.3) is 0 Å². The molecule has 4 fully saturated rings. The Bertz CT molecular complexity index is 2160. The molecule has 16 heteroatoms. The van der Waals surface area contributed by atoms with Crippen molar-refractivity contribution < 1.29 is 38.6 Å². The van der Waals surface area contributed by atoms with Gasteiger partial charge in [0.25, 0.3) is 11.8 Å². The van der Waals surface area contributed by atoms with Gasteiger partial charge in [-0.15, -0.1) is 0 Å². The fraction of sp³-hybridized carbons (Fsp3) is 0.533. The Morgan fingerprint density at radius 1 is 1.02 bits per heavy atom. The molecule has 1 aromatic heterocycles. The average Bonchev–Trinajstić information content (AvgIpc) is 3.79. The summed E-state index contributed by atoms with van der Waals surface area (Å²) >= 11 is 0. The summed E-state index contributed by atoms with van der Waals surface area (Å²) in [4.78, 5) is 79.2. The van der Waals surface area contributed by atoms with E-state index in [1.54, 1.807) is 67.7 Å². The van der Waals surface area contributed by atoms with Gasteiger partial charge in [-0.2, -0.15) is 4.98 Å². The number of likely N-dealkylation sites (tertiary alicyclic amines) is 1. The molecule has 4 heterocycles. The fourth-order valence-electron chi connectivity index (χ4n) is 10.4. The van der Waals surface area contributed by atoms with Crippen LogP contribution in [0.3, 0.4) is 0 Å². The number of benzene rings is 2. The molecular weight excluding hydrogens is 781 g/mol. The quantitative estimate of drug-likeness (QED) is 0.175. The smallest absolute Gasteiger partial charge is 0.260 e. The van der Waals surface area contributed by atoms with E-state index in [1.165, 1.54) is 0 Å². The number of aliphatic hydroxyl groups is 1. The van der Waals surface area contributed by atoms with Crippen LogP contribution >= 0.6 is 0 Å². The normalized spacial score (nSPS) is 22.0. The van der Waals surface area contributed by atoms with Crippen LogP contribution in [0.5, 0.6) is 11.5 Å². The van der Waals surface area contributed by atoms with Gasteiger partial charge in [-0.25, -0.2) is 4.98 Å². The summed E-state index contributed by atoms with van der Waals surface area (Å²) in [6.07, 6.45) is 10.8. The Kier molecular flexibility index (Phi) is 11.9. The number of methoxy groups -OCH3 is 1. The SMILES string of the molecule is CC[C@@H]1C(=O)N(C)c2cnc(Nc3ccc(C(=O)NC4(CCO)CC5(CCN(C(=O)COc6ccc(C7CCC(=O)NC7=O)cc6)CC5)C4)cc3OC)nc2N1C1CCCC1. The number of imide groups is 1. The first kappa shape index (κ1) is 41.9. The van der Waals surface area contributed by atoms with Crippen molar-refractivity contribution in [2.45, 2.75) is 108 Å². The minimum absolute atomic E-state index is 0.0428. The second-order valence-corrected chi connectivity index (χ2v) is 17.4. The minimum Gasteiger partial charge on any atom is -0.495 e. The zero-order valence-electron chi connectivity index (χ0n) is 35.2. The van der Waals surface area contributed by atoms with Crippen molar-refractivity contribution in [1.82, 2.24) is 25.5 Å². The molecule has 0 bridgehead atoms. The van der Waals surface area contributed by atoms with Crippen molar-refractivity contribution >= 4 is 52.7 Å². The van der Waals surface area contributed by atoms with E-state index in [1.807, 2.05) is 11.8 Å². The highest BCUT2D eigenvalue weighted by Gasteiger charge is 2.55. The molecular formula is C45H56N8O8. The number of carbonyl (C=O) groups is 5. The minimum atomic E-state index is -0.571. The van der Waals surface area contributed by atoms with E-state index in [9.17, 15) is 29.1 Å².